The first kappa shape index (κ1) is 8.70. The van der Waals surface area contributed by atoms with Crippen LogP contribution in [0.4, 0.5) is 4.39 Å². The highest BCUT2D eigenvalue weighted by atomic mass is 19.1. The van der Waals surface area contributed by atoms with Gasteiger partial charge in [-0.1, -0.05) is 12.1 Å². The molecule has 70 valence electrons. The predicted molar refractivity (Wildman–Crippen MR) is 51.1 cm³/mol. The van der Waals surface area contributed by atoms with Crippen LogP contribution in [0.15, 0.2) is 18.2 Å². The van der Waals surface area contributed by atoms with Crippen molar-refractivity contribution in [1.82, 2.24) is 5.32 Å². The predicted octanol–water partition coefficient (Wildman–Crippen LogP) is 2.56. The number of hydrogen-bond donors (Lipinski definition) is 1. The number of nitrogens with one attached hydrogen (secondary N) is 1. The Hall–Kier alpha value is -0.890. The molecule has 1 heterocycles. The van der Waals surface area contributed by atoms with E-state index in [0.717, 1.165) is 30.5 Å². The molecule has 1 fully saturated rings. The Bertz CT molecular complexity index is 283. The van der Waals surface area contributed by atoms with Crippen LogP contribution in [-0.4, -0.2) is 6.54 Å². The fraction of sp³-hybridized carbons (Fsp3) is 0.455. The Morgan fingerprint density at radius 2 is 2.31 bits per heavy atom. The molecule has 0 aromatic heterocycles. The molecule has 0 amide bonds. The number of aryl methyl sites for hydroxylation is 1. The van der Waals surface area contributed by atoms with Crippen molar-refractivity contribution in [1.29, 1.82) is 0 Å². The normalized spacial score (nSPS) is 22.2. The number of halogens is 1. The van der Waals surface area contributed by atoms with Gasteiger partial charge in [-0.2, -0.15) is 0 Å². The van der Waals surface area contributed by atoms with Crippen molar-refractivity contribution in [2.75, 3.05) is 6.54 Å². The fourth-order valence-electron chi connectivity index (χ4n) is 2.02. The molecule has 1 N–H and O–H groups in total. The smallest absolute Gasteiger partial charge is 0.128 e. The van der Waals surface area contributed by atoms with Gasteiger partial charge in [-0.25, -0.2) is 4.39 Å². The van der Waals surface area contributed by atoms with Gasteiger partial charge in [0.15, 0.2) is 0 Å². The molecule has 1 atom stereocenters. The van der Waals surface area contributed by atoms with Crippen LogP contribution in [0.1, 0.15) is 30.0 Å². The summed E-state index contributed by atoms with van der Waals surface area (Å²) >= 11 is 0. The van der Waals surface area contributed by atoms with Crippen molar-refractivity contribution in [2.24, 2.45) is 0 Å². The molecular formula is C11H14FN. The Kier molecular flexibility index (Phi) is 2.32. The van der Waals surface area contributed by atoms with E-state index in [9.17, 15) is 4.39 Å². The van der Waals surface area contributed by atoms with Gasteiger partial charge >= 0.3 is 0 Å². The molecular weight excluding hydrogens is 165 g/mol. The van der Waals surface area contributed by atoms with Gasteiger partial charge in [-0.3, -0.25) is 0 Å². The summed E-state index contributed by atoms with van der Waals surface area (Å²) in [5.41, 5.74) is 1.92. The molecule has 1 aliphatic rings. The SMILES string of the molecule is Cc1cccc(F)c1[C@H]1CCCN1. The maximum Gasteiger partial charge on any atom is 0.128 e. The van der Waals surface area contributed by atoms with Crippen LogP contribution in [0, 0.1) is 12.7 Å². The van der Waals surface area contributed by atoms with Gasteiger partial charge in [0.2, 0.25) is 0 Å². The zero-order valence-electron chi connectivity index (χ0n) is 7.81. The monoisotopic (exact) mass is 179 g/mol. The van der Waals surface area contributed by atoms with E-state index >= 15 is 0 Å². The van der Waals surface area contributed by atoms with Gasteiger partial charge < -0.3 is 5.32 Å². The van der Waals surface area contributed by atoms with Crippen LogP contribution in [0.2, 0.25) is 0 Å². The molecule has 0 aliphatic carbocycles. The first-order chi connectivity index (χ1) is 6.29. The Morgan fingerprint density at radius 3 is 2.92 bits per heavy atom. The summed E-state index contributed by atoms with van der Waals surface area (Å²) in [7, 11) is 0. The first-order valence-corrected chi connectivity index (χ1v) is 4.77. The van der Waals surface area contributed by atoms with Crippen LogP contribution in [0.25, 0.3) is 0 Å². The second-order valence-corrected chi connectivity index (χ2v) is 3.62. The third kappa shape index (κ3) is 1.59. The average molecular weight is 179 g/mol. The number of benzene rings is 1. The molecule has 2 rings (SSSR count). The lowest BCUT2D eigenvalue weighted by molar-refractivity contribution is 0.555. The zero-order chi connectivity index (χ0) is 9.26. The second-order valence-electron chi connectivity index (χ2n) is 3.62. The summed E-state index contributed by atoms with van der Waals surface area (Å²) in [4.78, 5) is 0. The maximum atomic E-state index is 13.5. The van der Waals surface area contributed by atoms with Gasteiger partial charge in [0, 0.05) is 11.6 Å². The largest absolute Gasteiger partial charge is 0.310 e. The van der Waals surface area contributed by atoms with E-state index in [0.29, 0.717) is 0 Å². The highest BCUT2D eigenvalue weighted by Gasteiger charge is 2.20. The van der Waals surface area contributed by atoms with Gasteiger partial charge in [0.25, 0.3) is 0 Å². The van der Waals surface area contributed by atoms with Crippen molar-refractivity contribution in [2.45, 2.75) is 25.8 Å². The highest BCUT2D eigenvalue weighted by molar-refractivity contribution is 5.30. The van der Waals surface area contributed by atoms with Gasteiger partial charge in [-0.15, -0.1) is 0 Å². The zero-order valence-corrected chi connectivity index (χ0v) is 7.81. The molecule has 1 aliphatic heterocycles. The molecule has 13 heavy (non-hydrogen) atoms. The molecule has 1 aromatic carbocycles. The summed E-state index contributed by atoms with van der Waals surface area (Å²) in [6.45, 7) is 2.98. The standard InChI is InChI=1S/C11H14FN/c1-8-4-2-5-9(12)11(8)10-6-3-7-13-10/h2,4-5,10,13H,3,6-7H2,1H3/t10-/m1/s1. The topological polar surface area (TPSA) is 12.0 Å². The third-order valence-electron chi connectivity index (χ3n) is 2.68. The molecule has 0 radical (unpaired) electrons. The summed E-state index contributed by atoms with van der Waals surface area (Å²) in [5, 5.41) is 3.31. The van der Waals surface area contributed by atoms with Crippen LogP contribution < -0.4 is 5.32 Å². The summed E-state index contributed by atoms with van der Waals surface area (Å²) in [6.07, 6.45) is 2.21. The molecule has 0 bridgehead atoms. The molecule has 1 nitrogen and oxygen atoms in total. The Balaban J connectivity index is 2.37. The van der Waals surface area contributed by atoms with E-state index in [2.05, 4.69) is 5.32 Å². The lowest BCUT2D eigenvalue weighted by Gasteiger charge is -2.14. The Labute approximate surface area is 78.0 Å². The fourth-order valence-corrected chi connectivity index (χ4v) is 2.02. The average Bonchev–Trinajstić information content (AvgIpc) is 2.57. The highest BCUT2D eigenvalue weighted by Crippen LogP contribution is 2.27. The summed E-state index contributed by atoms with van der Waals surface area (Å²) in [5.74, 6) is -0.0700. The van der Waals surface area contributed by atoms with E-state index in [4.69, 9.17) is 0 Å². The first-order valence-electron chi connectivity index (χ1n) is 4.77. The van der Waals surface area contributed by atoms with E-state index < -0.39 is 0 Å². The molecule has 0 saturated carbocycles. The van der Waals surface area contributed by atoms with Gasteiger partial charge in [0.1, 0.15) is 5.82 Å². The van der Waals surface area contributed by atoms with Crippen LogP contribution in [0.5, 0.6) is 0 Å². The maximum absolute atomic E-state index is 13.5. The number of hydrogen-bond acceptors (Lipinski definition) is 1. The second kappa shape index (κ2) is 3.46. The van der Waals surface area contributed by atoms with Crippen molar-refractivity contribution < 1.29 is 4.39 Å². The molecule has 1 aromatic rings. The van der Waals surface area contributed by atoms with Crippen LogP contribution >= 0.6 is 0 Å². The van der Waals surface area contributed by atoms with E-state index in [1.54, 1.807) is 12.1 Å². The molecule has 0 unspecified atom stereocenters. The van der Waals surface area contributed by atoms with Gasteiger partial charge in [-0.05, 0) is 37.9 Å². The van der Waals surface area contributed by atoms with E-state index in [1.807, 2.05) is 13.0 Å². The lowest BCUT2D eigenvalue weighted by Crippen LogP contribution is -2.15. The van der Waals surface area contributed by atoms with E-state index in [1.165, 1.54) is 0 Å². The minimum atomic E-state index is -0.0700. The van der Waals surface area contributed by atoms with Crippen molar-refractivity contribution >= 4 is 0 Å². The molecule has 1 saturated heterocycles. The van der Waals surface area contributed by atoms with Gasteiger partial charge in [0.05, 0.1) is 0 Å². The summed E-state index contributed by atoms with van der Waals surface area (Å²) < 4.78 is 13.5. The van der Waals surface area contributed by atoms with E-state index in [-0.39, 0.29) is 11.9 Å². The quantitative estimate of drug-likeness (QED) is 0.698. The minimum absolute atomic E-state index is 0.0700. The Morgan fingerprint density at radius 1 is 1.46 bits per heavy atom. The molecule has 0 spiro atoms. The molecule has 2 heteroatoms. The van der Waals surface area contributed by atoms with Crippen molar-refractivity contribution in [3.05, 3.63) is 35.1 Å². The van der Waals surface area contributed by atoms with Crippen molar-refractivity contribution in [3.8, 4) is 0 Å². The minimum Gasteiger partial charge on any atom is -0.310 e. The van der Waals surface area contributed by atoms with Crippen molar-refractivity contribution in [3.63, 3.8) is 0 Å². The van der Waals surface area contributed by atoms with Crippen LogP contribution in [-0.2, 0) is 0 Å². The van der Waals surface area contributed by atoms with Crippen LogP contribution in [0.3, 0.4) is 0 Å². The third-order valence-corrected chi connectivity index (χ3v) is 2.68. The number of rotatable bonds is 1. The summed E-state index contributed by atoms with van der Waals surface area (Å²) in [6, 6.07) is 5.52. The lowest BCUT2D eigenvalue weighted by atomic mass is 9.99.